The molecule has 0 spiro atoms. The van der Waals surface area contributed by atoms with Crippen molar-refractivity contribution in [3.63, 3.8) is 0 Å². The Labute approximate surface area is 153 Å². The first-order chi connectivity index (χ1) is 12.4. The molecule has 2 amide bonds. The highest BCUT2D eigenvalue weighted by atomic mass is 16.5. The lowest BCUT2D eigenvalue weighted by molar-refractivity contribution is -0.138. The van der Waals surface area contributed by atoms with Gasteiger partial charge in [-0.05, 0) is 24.1 Å². The monoisotopic (exact) mass is 364 g/mol. The van der Waals surface area contributed by atoms with Crippen molar-refractivity contribution in [1.29, 1.82) is 0 Å². The summed E-state index contributed by atoms with van der Waals surface area (Å²) in [5, 5.41) is 12.1. The van der Waals surface area contributed by atoms with Gasteiger partial charge in [0.05, 0.1) is 7.11 Å². The average Bonchev–Trinajstić information content (AvgIpc) is 2.62. The molecule has 0 radical (unpaired) electrons. The summed E-state index contributed by atoms with van der Waals surface area (Å²) in [5.74, 6) is -2.32. The number of primary amides is 1. The third-order valence-electron chi connectivity index (χ3n) is 4.14. The number of rotatable bonds is 11. The van der Waals surface area contributed by atoms with Crippen LogP contribution in [-0.2, 0) is 14.4 Å². The number of nitrogens with two attached hydrogens (primary N) is 1. The number of aromatic hydroxyl groups is 1. The first-order valence-electron chi connectivity index (χ1n) is 8.90. The number of nitrogens with one attached hydrogen (secondary N) is 1. The van der Waals surface area contributed by atoms with Gasteiger partial charge in [-0.15, -0.1) is 0 Å². The number of ether oxygens (including phenoxy) is 1. The van der Waals surface area contributed by atoms with Crippen molar-refractivity contribution in [3.8, 4) is 11.5 Å². The molecule has 144 valence electrons. The standard InChI is InChI=1S/C19H28N2O5/c1-3-4-5-6-7-8-9-15(23)17(21-19(25)18(20)24)13-10-11-14(22)16(12-13)26-2/h10-12,17,22H,3-9H2,1-2H3,(H2,20,24)(H,21,25). The van der Waals surface area contributed by atoms with Crippen molar-refractivity contribution < 1.29 is 24.2 Å². The number of Topliss-reactive ketones (excluding diaryl/α,β-unsaturated/α-hetero) is 1. The van der Waals surface area contributed by atoms with Crippen molar-refractivity contribution in [2.45, 2.75) is 57.9 Å². The Morgan fingerprint density at radius 1 is 1.15 bits per heavy atom. The predicted molar refractivity (Wildman–Crippen MR) is 97.7 cm³/mol. The number of benzene rings is 1. The first kappa shape index (κ1) is 21.5. The van der Waals surface area contributed by atoms with E-state index in [1.165, 1.54) is 31.7 Å². The number of carbonyl (C=O) groups excluding carboxylic acids is 3. The summed E-state index contributed by atoms with van der Waals surface area (Å²) < 4.78 is 5.04. The van der Waals surface area contributed by atoms with Crippen LogP contribution in [0.15, 0.2) is 18.2 Å². The molecule has 1 aromatic carbocycles. The fourth-order valence-electron chi connectivity index (χ4n) is 2.65. The molecular formula is C19H28N2O5. The van der Waals surface area contributed by atoms with Gasteiger partial charge in [0.15, 0.2) is 17.3 Å². The molecular weight excluding hydrogens is 336 g/mol. The molecule has 7 nitrogen and oxygen atoms in total. The van der Waals surface area contributed by atoms with Gasteiger partial charge < -0.3 is 20.9 Å². The van der Waals surface area contributed by atoms with E-state index in [4.69, 9.17) is 10.5 Å². The topological polar surface area (TPSA) is 119 Å². The highest BCUT2D eigenvalue weighted by Gasteiger charge is 2.25. The van der Waals surface area contributed by atoms with Gasteiger partial charge in [0.25, 0.3) is 0 Å². The fourth-order valence-corrected chi connectivity index (χ4v) is 2.65. The van der Waals surface area contributed by atoms with Gasteiger partial charge in [0.2, 0.25) is 0 Å². The van der Waals surface area contributed by atoms with E-state index in [0.29, 0.717) is 12.0 Å². The van der Waals surface area contributed by atoms with E-state index in [2.05, 4.69) is 12.2 Å². The van der Waals surface area contributed by atoms with Crippen LogP contribution in [0.3, 0.4) is 0 Å². The molecule has 4 N–H and O–H groups in total. The van der Waals surface area contributed by atoms with Crippen LogP contribution in [0.1, 0.15) is 63.5 Å². The number of phenols is 1. The van der Waals surface area contributed by atoms with Gasteiger partial charge in [0, 0.05) is 6.42 Å². The molecule has 0 fully saturated rings. The van der Waals surface area contributed by atoms with Crippen LogP contribution in [0.2, 0.25) is 0 Å². The third-order valence-corrected chi connectivity index (χ3v) is 4.14. The smallest absolute Gasteiger partial charge is 0.309 e. The summed E-state index contributed by atoms with van der Waals surface area (Å²) in [5.41, 5.74) is 5.41. The van der Waals surface area contributed by atoms with Crippen LogP contribution < -0.4 is 15.8 Å². The normalized spacial score (nSPS) is 11.6. The van der Waals surface area contributed by atoms with E-state index in [0.717, 1.165) is 25.7 Å². The molecule has 1 aromatic rings. The van der Waals surface area contributed by atoms with E-state index in [9.17, 15) is 19.5 Å². The second-order valence-electron chi connectivity index (χ2n) is 6.19. The molecule has 0 aromatic heterocycles. The predicted octanol–water partition coefficient (Wildman–Crippen LogP) is 2.36. The maximum absolute atomic E-state index is 12.6. The van der Waals surface area contributed by atoms with Crippen LogP contribution in [0.25, 0.3) is 0 Å². The fraction of sp³-hybridized carbons (Fsp3) is 0.526. The largest absolute Gasteiger partial charge is 0.504 e. The van der Waals surface area contributed by atoms with Crippen molar-refractivity contribution in [1.82, 2.24) is 5.32 Å². The minimum atomic E-state index is -1.16. The maximum atomic E-state index is 12.6. The van der Waals surface area contributed by atoms with Crippen LogP contribution in [-0.4, -0.2) is 29.8 Å². The highest BCUT2D eigenvalue weighted by Crippen LogP contribution is 2.30. The van der Waals surface area contributed by atoms with Gasteiger partial charge in [-0.1, -0.05) is 45.1 Å². The van der Waals surface area contributed by atoms with E-state index in [1.807, 2.05) is 0 Å². The molecule has 0 saturated heterocycles. The second-order valence-corrected chi connectivity index (χ2v) is 6.19. The number of phenolic OH excluding ortho intramolecular Hbond substituents is 1. The van der Waals surface area contributed by atoms with E-state index in [-0.39, 0.29) is 23.7 Å². The van der Waals surface area contributed by atoms with Crippen molar-refractivity contribution in [2.24, 2.45) is 5.73 Å². The quantitative estimate of drug-likeness (QED) is 0.411. The number of carbonyl (C=O) groups is 3. The van der Waals surface area contributed by atoms with Gasteiger partial charge >= 0.3 is 11.8 Å². The Morgan fingerprint density at radius 3 is 2.42 bits per heavy atom. The highest BCUT2D eigenvalue weighted by molar-refractivity contribution is 6.34. The van der Waals surface area contributed by atoms with Gasteiger partial charge in [-0.2, -0.15) is 0 Å². The molecule has 7 heteroatoms. The molecule has 1 unspecified atom stereocenters. The van der Waals surface area contributed by atoms with Crippen LogP contribution in [0.4, 0.5) is 0 Å². The first-order valence-corrected chi connectivity index (χ1v) is 8.90. The van der Waals surface area contributed by atoms with Crippen LogP contribution >= 0.6 is 0 Å². The summed E-state index contributed by atoms with van der Waals surface area (Å²) in [7, 11) is 1.38. The molecule has 0 bridgehead atoms. The molecule has 0 heterocycles. The molecule has 26 heavy (non-hydrogen) atoms. The summed E-state index contributed by atoms with van der Waals surface area (Å²) in [4.78, 5) is 35.3. The summed E-state index contributed by atoms with van der Waals surface area (Å²) in [6.07, 6.45) is 6.45. The Hall–Kier alpha value is -2.57. The third kappa shape index (κ3) is 6.74. The molecule has 1 rings (SSSR count). The van der Waals surface area contributed by atoms with Crippen LogP contribution in [0.5, 0.6) is 11.5 Å². The lowest BCUT2D eigenvalue weighted by atomic mass is 9.97. The Morgan fingerprint density at radius 2 is 1.81 bits per heavy atom. The number of methoxy groups -OCH3 is 1. The maximum Gasteiger partial charge on any atom is 0.309 e. The molecule has 1 atom stereocenters. The SMILES string of the molecule is CCCCCCCCC(=O)C(NC(=O)C(N)=O)c1ccc(O)c(OC)c1. The zero-order valence-electron chi connectivity index (χ0n) is 15.4. The molecule has 0 saturated carbocycles. The Balaban J connectivity index is 2.83. The number of hydrogen-bond donors (Lipinski definition) is 3. The Bertz CT molecular complexity index is 630. The molecule has 0 aliphatic rings. The van der Waals surface area contributed by atoms with Gasteiger partial charge in [0.1, 0.15) is 6.04 Å². The van der Waals surface area contributed by atoms with Crippen LogP contribution in [0, 0.1) is 0 Å². The Kier molecular flexibility index (Phi) is 9.19. The minimum Gasteiger partial charge on any atom is -0.504 e. The van der Waals surface area contributed by atoms with E-state index >= 15 is 0 Å². The van der Waals surface area contributed by atoms with Gasteiger partial charge in [-0.3, -0.25) is 14.4 Å². The molecule has 0 aliphatic heterocycles. The molecule has 0 aliphatic carbocycles. The number of hydrogen-bond acceptors (Lipinski definition) is 5. The minimum absolute atomic E-state index is 0.0837. The lowest BCUT2D eigenvalue weighted by Crippen LogP contribution is -2.41. The number of unbranched alkanes of at least 4 members (excludes halogenated alkanes) is 5. The lowest BCUT2D eigenvalue weighted by Gasteiger charge is -2.18. The van der Waals surface area contributed by atoms with Crippen molar-refractivity contribution >= 4 is 17.6 Å². The number of ketones is 1. The van der Waals surface area contributed by atoms with Crippen molar-refractivity contribution in [2.75, 3.05) is 7.11 Å². The zero-order chi connectivity index (χ0) is 19.5. The summed E-state index contributed by atoms with van der Waals surface area (Å²) in [6, 6.07) is 3.32. The van der Waals surface area contributed by atoms with Gasteiger partial charge in [-0.25, -0.2) is 0 Å². The average molecular weight is 364 g/mol. The second kappa shape index (κ2) is 11.1. The summed E-state index contributed by atoms with van der Waals surface area (Å²) in [6.45, 7) is 2.14. The zero-order valence-corrected chi connectivity index (χ0v) is 15.4. The van der Waals surface area contributed by atoms with Crippen molar-refractivity contribution in [3.05, 3.63) is 23.8 Å². The van der Waals surface area contributed by atoms with E-state index in [1.54, 1.807) is 0 Å². The summed E-state index contributed by atoms with van der Waals surface area (Å²) >= 11 is 0. The number of amides is 2. The van der Waals surface area contributed by atoms with E-state index < -0.39 is 17.9 Å².